The summed E-state index contributed by atoms with van der Waals surface area (Å²) in [6, 6.07) is 13.1. The van der Waals surface area contributed by atoms with E-state index in [1.165, 1.54) is 16.3 Å². The monoisotopic (exact) mass is 247 g/mol. The van der Waals surface area contributed by atoms with Gasteiger partial charge in [-0.3, -0.25) is 0 Å². The van der Waals surface area contributed by atoms with E-state index in [4.69, 9.17) is 0 Å². The molecule has 1 heteroatoms. The molecule has 0 aromatic heterocycles. The van der Waals surface area contributed by atoms with Gasteiger partial charge < -0.3 is 0 Å². The maximum absolute atomic E-state index is 2.28. The largest absolute Gasteiger partial charge is 0.165 e. The number of hydrogen-bond acceptors (Lipinski definition) is 0. The van der Waals surface area contributed by atoms with Gasteiger partial charge in [-0.15, -0.1) is 40.6 Å². The third kappa shape index (κ3) is 2.14. The minimum absolute atomic E-state index is 0. The molecule has 2 aromatic carbocycles. The van der Waals surface area contributed by atoms with Crippen molar-refractivity contribution in [3.63, 3.8) is 0 Å². The van der Waals surface area contributed by atoms with Crippen molar-refractivity contribution in [1.82, 2.24) is 0 Å². The molecule has 13 heavy (non-hydrogen) atoms. The van der Waals surface area contributed by atoms with Crippen LogP contribution in [0.2, 0.25) is 0 Å². The molecule has 2 rings (SSSR count). The summed E-state index contributed by atoms with van der Waals surface area (Å²) in [6.45, 7) is 4.46. The average molecular weight is 248 g/mol. The Bertz CT molecular complexity index is 352. The fourth-order valence-electron chi connectivity index (χ4n) is 1.51. The third-order valence-corrected chi connectivity index (χ3v) is 2.31. The van der Waals surface area contributed by atoms with E-state index in [0.29, 0.717) is 5.92 Å². The Balaban J connectivity index is 0.000000845. The first-order valence-electron chi connectivity index (χ1n) is 4.43. The molecular weight excluding hydrogens is 235 g/mol. The van der Waals surface area contributed by atoms with Crippen LogP contribution in [0.25, 0.3) is 10.8 Å². The Labute approximate surface area is 98.4 Å². The van der Waals surface area contributed by atoms with E-state index >= 15 is 0 Å². The first-order chi connectivity index (χ1) is 5.77. The minimum Gasteiger partial charge on any atom is -0.165 e. The van der Waals surface area contributed by atoms with Gasteiger partial charge in [0.05, 0.1) is 0 Å². The normalized spacial score (nSPS) is 10.4. The van der Waals surface area contributed by atoms with Crippen LogP contribution >= 0.6 is 0 Å². The fourth-order valence-corrected chi connectivity index (χ4v) is 1.51. The Morgan fingerprint density at radius 1 is 1.15 bits per heavy atom. The first kappa shape index (κ1) is 10.8. The summed E-state index contributed by atoms with van der Waals surface area (Å²) in [5.74, 6) is 0.636. The smallest absolute Gasteiger partial charge is 0 e. The van der Waals surface area contributed by atoms with Crippen LogP contribution in [0.15, 0.2) is 36.4 Å². The van der Waals surface area contributed by atoms with E-state index in [2.05, 4.69) is 50.2 Å². The van der Waals surface area contributed by atoms with Gasteiger partial charge in [0.1, 0.15) is 0 Å². The van der Waals surface area contributed by atoms with Crippen LogP contribution < -0.4 is 0 Å². The molecule has 0 aliphatic heterocycles. The quantitative estimate of drug-likeness (QED) is 0.675. The van der Waals surface area contributed by atoms with E-state index in [-0.39, 0.29) is 26.2 Å². The summed E-state index contributed by atoms with van der Waals surface area (Å²) in [5, 5.41) is 2.72. The number of rotatable bonds is 1. The molecule has 0 aliphatic rings. The second-order valence-corrected chi connectivity index (χ2v) is 3.57. The molecule has 66 valence electrons. The molecule has 0 saturated carbocycles. The van der Waals surface area contributed by atoms with Crippen molar-refractivity contribution in [3.8, 4) is 0 Å². The van der Waals surface area contributed by atoms with Crippen molar-refractivity contribution in [2.75, 3.05) is 0 Å². The van der Waals surface area contributed by atoms with Crippen LogP contribution in [-0.4, -0.2) is 0 Å². The molecule has 0 radical (unpaired) electrons. The van der Waals surface area contributed by atoms with Crippen molar-refractivity contribution in [1.29, 1.82) is 0 Å². The Hall–Kier alpha value is -0.287. The molecule has 0 fully saturated rings. The van der Waals surface area contributed by atoms with Gasteiger partial charge in [0, 0.05) is 26.2 Å². The Morgan fingerprint density at radius 2 is 1.85 bits per heavy atom. The van der Waals surface area contributed by atoms with Gasteiger partial charge in [0.25, 0.3) is 0 Å². The number of hydrogen-bond donors (Lipinski definition) is 0. The van der Waals surface area contributed by atoms with Crippen molar-refractivity contribution in [2.24, 2.45) is 0 Å². The van der Waals surface area contributed by atoms with Crippen LogP contribution in [0.4, 0.5) is 0 Å². The second kappa shape index (κ2) is 4.28. The number of fused-ring (bicyclic) bond motifs is 1. The standard InChI is InChI=1S/C12H13.Zr/c1-9(2)12-7-10-5-3-4-6-11(10)8-12;/h3-9H,1-2H3;/q-1;. The Kier molecular flexibility index (Phi) is 3.56. The maximum atomic E-state index is 2.28. The van der Waals surface area contributed by atoms with Crippen molar-refractivity contribution in [2.45, 2.75) is 19.8 Å². The zero-order valence-electron chi connectivity index (χ0n) is 8.04. The predicted molar refractivity (Wildman–Crippen MR) is 53.6 cm³/mol. The summed E-state index contributed by atoms with van der Waals surface area (Å²) in [7, 11) is 0. The predicted octanol–water partition coefficient (Wildman–Crippen LogP) is 3.68. The van der Waals surface area contributed by atoms with Crippen LogP contribution in [0.5, 0.6) is 0 Å². The topological polar surface area (TPSA) is 0 Å². The summed E-state index contributed by atoms with van der Waals surface area (Å²) in [5.41, 5.74) is 1.44. The van der Waals surface area contributed by atoms with Crippen LogP contribution in [0, 0.1) is 0 Å². The van der Waals surface area contributed by atoms with E-state index in [1.807, 2.05) is 0 Å². The van der Waals surface area contributed by atoms with Crippen molar-refractivity contribution in [3.05, 3.63) is 42.0 Å². The molecule has 0 unspecified atom stereocenters. The zero-order chi connectivity index (χ0) is 8.55. The van der Waals surface area contributed by atoms with Crippen molar-refractivity contribution >= 4 is 10.8 Å². The fraction of sp³-hybridized carbons (Fsp3) is 0.250. The van der Waals surface area contributed by atoms with Crippen LogP contribution in [0.1, 0.15) is 25.3 Å². The van der Waals surface area contributed by atoms with Crippen LogP contribution in [0.3, 0.4) is 0 Å². The minimum atomic E-state index is 0. The van der Waals surface area contributed by atoms with E-state index in [0.717, 1.165) is 0 Å². The maximum Gasteiger partial charge on any atom is 0 e. The summed E-state index contributed by atoms with van der Waals surface area (Å²) in [4.78, 5) is 0. The van der Waals surface area contributed by atoms with E-state index in [1.54, 1.807) is 0 Å². The summed E-state index contributed by atoms with van der Waals surface area (Å²) < 4.78 is 0. The van der Waals surface area contributed by atoms with E-state index < -0.39 is 0 Å². The third-order valence-electron chi connectivity index (χ3n) is 2.31. The van der Waals surface area contributed by atoms with Gasteiger partial charge in [-0.25, -0.2) is 0 Å². The van der Waals surface area contributed by atoms with Gasteiger partial charge in [-0.2, -0.15) is 6.07 Å². The number of benzene rings is 1. The summed E-state index contributed by atoms with van der Waals surface area (Å²) in [6.07, 6.45) is 0. The molecule has 0 N–H and O–H groups in total. The molecule has 0 atom stereocenters. The molecule has 2 aromatic rings. The summed E-state index contributed by atoms with van der Waals surface area (Å²) >= 11 is 0. The first-order valence-corrected chi connectivity index (χ1v) is 4.43. The van der Waals surface area contributed by atoms with Gasteiger partial charge in [0.2, 0.25) is 0 Å². The molecule has 0 heterocycles. The molecule has 0 nitrogen and oxygen atoms in total. The van der Waals surface area contributed by atoms with Crippen molar-refractivity contribution < 1.29 is 26.2 Å². The SMILES string of the molecule is CC(C)c1cc2ccccc2[cH-]1.[Zr]. The molecule has 0 saturated heterocycles. The Morgan fingerprint density at radius 3 is 2.46 bits per heavy atom. The molecule has 0 amide bonds. The van der Waals surface area contributed by atoms with Gasteiger partial charge >= 0.3 is 0 Å². The molecule has 0 aliphatic carbocycles. The van der Waals surface area contributed by atoms with Gasteiger partial charge in [-0.1, -0.05) is 19.9 Å². The molecular formula is C12H13Zr-. The van der Waals surface area contributed by atoms with Crippen LogP contribution in [-0.2, 0) is 26.2 Å². The zero-order valence-corrected chi connectivity index (χ0v) is 10.5. The molecule has 0 bridgehead atoms. The second-order valence-electron chi connectivity index (χ2n) is 3.57. The van der Waals surface area contributed by atoms with Gasteiger partial charge in [-0.05, 0) is 5.92 Å². The average Bonchev–Trinajstić information content (AvgIpc) is 2.46. The van der Waals surface area contributed by atoms with Gasteiger partial charge in [0.15, 0.2) is 0 Å². The molecule has 0 spiro atoms. The van der Waals surface area contributed by atoms with E-state index in [9.17, 15) is 0 Å².